The molecule has 168 valence electrons. The highest BCUT2D eigenvalue weighted by molar-refractivity contribution is 7.12. The molecule has 2 heterocycles. The number of nitrogens with one attached hydrogen (secondary N) is 1. The van der Waals surface area contributed by atoms with Crippen molar-refractivity contribution in [2.24, 2.45) is 0 Å². The molecule has 1 N–H and O–H groups in total. The smallest absolute Gasteiger partial charge is 0.264 e. The first kappa shape index (κ1) is 22.5. The van der Waals surface area contributed by atoms with Gasteiger partial charge >= 0.3 is 0 Å². The van der Waals surface area contributed by atoms with Gasteiger partial charge < -0.3 is 4.90 Å². The summed E-state index contributed by atoms with van der Waals surface area (Å²) in [6.07, 6.45) is 1.92. The third-order valence-corrected chi connectivity index (χ3v) is 6.39. The molecule has 0 aliphatic carbocycles. The summed E-state index contributed by atoms with van der Waals surface area (Å²) in [5.41, 5.74) is 4.96. The van der Waals surface area contributed by atoms with Crippen LogP contribution in [0.15, 0.2) is 72.2 Å². The molecule has 4 rings (SSSR count). The van der Waals surface area contributed by atoms with Crippen molar-refractivity contribution in [3.05, 3.63) is 88.2 Å². The summed E-state index contributed by atoms with van der Waals surface area (Å²) in [5, 5.41) is 4.77. The molecule has 0 spiro atoms. The molecule has 0 aliphatic heterocycles. The zero-order valence-corrected chi connectivity index (χ0v) is 19.7. The second kappa shape index (κ2) is 9.83. The maximum Gasteiger partial charge on any atom is 0.264 e. The number of imidazole rings is 1. The number of likely N-dealkylation sites (N-methyl/N-ethyl adjacent to an activating group) is 1. The van der Waals surface area contributed by atoms with Crippen LogP contribution in [-0.4, -0.2) is 39.4 Å². The lowest BCUT2D eigenvalue weighted by molar-refractivity contribution is -0.116. The largest absolute Gasteiger partial charge is 0.329 e. The van der Waals surface area contributed by atoms with Gasteiger partial charge in [0, 0.05) is 24.0 Å². The molecule has 0 saturated carbocycles. The van der Waals surface area contributed by atoms with Crippen molar-refractivity contribution in [3.8, 4) is 16.9 Å². The van der Waals surface area contributed by atoms with E-state index in [1.807, 2.05) is 65.5 Å². The minimum absolute atomic E-state index is 0.0479. The Morgan fingerprint density at radius 3 is 2.48 bits per heavy atom. The lowest BCUT2D eigenvalue weighted by Gasteiger charge is -2.19. The minimum atomic E-state index is -0.294. The van der Waals surface area contributed by atoms with Crippen molar-refractivity contribution < 1.29 is 9.59 Å². The molecule has 0 radical (unpaired) electrons. The highest BCUT2D eigenvalue weighted by atomic mass is 32.1. The summed E-state index contributed by atoms with van der Waals surface area (Å²) >= 11 is 1.37. The van der Waals surface area contributed by atoms with Gasteiger partial charge in [0.2, 0.25) is 11.9 Å². The number of rotatable bonds is 7. The van der Waals surface area contributed by atoms with Gasteiger partial charge in [0.05, 0.1) is 10.6 Å². The number of thiophene rings is 1. The van der Waals surface area contributed by atoms with E-state index in [4.69, 9.17) is 4.98 Å². The van der Waals surface area contributed by atoms with Gasteiger partial charge in [-0.25, -0.2) is 4.98 Å². The van der Waals surface area contributed by atoms with Gasteiger partial charge in [0.25, 0.3) is 5.91 Å². The number of anilines is 1. The Morgan fingerprint density at radius 1 is 1.03 bits per heavy atom. The van der Waals surface area contributed by atoms with E-state index in [-0.39, 0.29) is 18.4 Å². The summed E-state index contributed by atoms with van der Waals surface area (Å²) < 4.78 is 1.88. The van der Waals surface area contributed by atoms with E-state index in [0.29, 0.717) is 17.4 Å². The molecule has 0 aliphatic rings. The fraction of sp³-hybridized carbons (Fsp3) is 0.192. The van der Waals surface area contributed by atoms with E-state index in [2.05, 4.69) is 31.3 Å². The summed E-state index contributed by atoms with van der Waals surface area (Å²) in [4.78, 5) is 32.5. The van der Waals surface area contributed by atoms with E-state index in [0.717, 1.165) is 22.5 Å². The van der Waals surface area contributed by atoms with E-state index < -0.39 is 0 Å². The van der Waals surface area contributed by atoms with Gasteiger partial charge in [-0.1, -0.05) is 42.5 Å². The van der Waals surface area contributed by atoms with Gasteiger partial charge in [-0.15, -0.1) is 11.3 Å². The van der Waals surface area contributed by atoms with Crippen LogP contribution >= 0.6 is 11.3 Å². The molecule has 0 bridgehead atoms. The zero-order valence-electron chi connectivity index (χ0n) is 18.9. The number of carbonyl (C=O) groups is 2. The molecule has 0 unspecified atom stereocenters. The topological polar surface area (TPSA) is 67.2 Å². The molecule has 7 heteroatoms. The van der Waals surface area contributed by atoms with Gasteiger partial charge in [-0.2, -0.15) is 0 Å². The van der Waals surface area contributed by atoms with Crippen LogP contribution in [0.25, 0.3) is 16.9 Å². The quantitative estimate of drug-likeness (QED) is 0.408. The van der Waals surface area contributed by atoms with Gasteiger partial charge in [-0.3, -0.25) is 19.5 Å². The summed E-state index contributed by atoms with van der Waals surface area (Å²) in [7, 11) is 0. The number of hydrogen-bond donors (Lipinski definition) is 1. The number of amides is 2. The molecular weight excluding hydrogens is 432 g/mol. The molecule has 0 fully saturated rings. The van der Waals surface area contributed by atoms with Crippen molar-refractivity contribution in [2.45, 2.75) is 20.8 Å². The maximum absolute atomic E-state index is 13.0. The maximum atomic E-state index is 13.0. The van der Waals surface area contributed by atoms with Crippen LogP contribution in [0.3, 0.4) is 0 Å². The van der Waals surface area contributed by atoms with Crippen LogP contribution in [0.5, 0.6) is 0 Å². The van der Waals surface area contributed by atoms with E-state index in [9.17, 15) is 9.59 Å². The lowest BCUT2D eigenvalue weighted by Crippen LogP contribution is -2.37. The van der Waals surface area contributed by atoms with E-state index in [1.165, 1.54) is 21.8 Å². The van der Waals surface area contributed by atoms with Crippen molar-refractivity contribution in [3.63, 3.8) is 0 Å². The third-order valence-electron chi connectivity index (χ3n) is 5.53. The predicted molar refractivity (Wildman–Crippen MR) is 133 cm³/mol. The van der Waals surface area contributed by atoms with Crippen LogP contribution < -0.4 is 5.32 Å². The normalized spacial score (nSPS) is 10.8. The summed E-state index contributed by atoms with van der Waals surface area (Å²) in [6.45, 7) is 6.37. The third kappa shape index (κ3) is 5.04. The first-order valence-electron chi connectivity index (χ1n) is 10.8. The Balaban J connectivity index is 1.62. The average molecular weight is 459 g/mol. The molecule has 33 heavy (non-hydrogen) atoms. The van der Waals surface area contributed by atoms with Crippen LogP contribution in [0.4, 0.5) is 5.95 Å². The summed E-state index contributed by atoms with van der Waals surface area (Å²) in [6, 6.07) is 19.6. The molecule has 2 aromatic carbocycles. The standard InChI is InChI=1S/C26H26N4O2S/c1-4-29(25(32)23-11-8-14-33-23)17-24(31)28-26-27-22(20-9-6-5-7-10-20)16-30(26)21-13-12-18(2)19(3)15-21/h5-16H,4,17H2,1-3H3,(H,27,28,31). The first-order valence-corrected chi connectivity index (χ1v) is 11.7. The second-order valence-electron chi connectivity index (χ2n) is 7.80. The Morgan fingerprint density at radius 2 is 1.82 bits per heavy atom. The summed E-state index contributed by atoms with van der Waals surface area (Å²) in [5.74, 6) is -0.0242. The lowest BCUT2D eigenvalue weighted by atomic mass is 10.1. The number of aryl methyl sites for hydroxylation is 2. The molecule has 2 amide bonds. The number of carbonyl (C=O) groups excluding carboxylic acids is 2. The Kier molecular flexibility index (Phi) is 6.70. The van der Waals surface area contributed by atoms with Crippen molar-refractivity contribution in [1.29, 1.82) is 0 Å². The zero-order chi connectivity index (χ0) is 23.4. The minimum Gasteiger partial charge on any atom is -0.329 e. The van der Waals surface area contributed by atoms with Crippen molar-refractivity contribution >= 4 is 29.1 Å². The number of nitrogens with zero attached hydrogens (tertiary/aromatic N) is 3. The fourth-order valence-corrected chi connectivity index (χ4v) is 4.20. The first-order chi connectivity index (χ1) is 16.0. The van der Waals surface area contributed by atoms with Gasteiger partial charge in [0.1, 0.15) is 6.54 Å². The monoisotopic (exact) mass is 458 g/mol. The van der Waals surface area contributed by atoms with Gasteiger partial charge in [-0.05, 0) is 55.5 Å². The van der Waals surface area contributed by atoms with E-state index >= 15 is 0 Å². The molecule has 0 atom stereocenters. The SMILES string of the molecule is CCN(CC(=O)Nc1nc(-c2ccccc2)cn1-c1ccc(C)c(C)c1)C(=O)c1cccs1. The van der Waals surface area contributed by atoms with Crippen molar-refractivity contribution in [2.75, 3.05) is 18.4 Å². The highest BCUT2D eigenvalue weighted by Gasteiger charge is 2.20. The average Bonchev–Trinajstić information content (AvgIpc) is 3.50. The molecule has 2 aromatic heterocycles. The van der Waals surface area contributed by atoms with E-state index in [1.54, 1.807) is 6.07 Å². The Labute approximate surface area is 197 Å². The van der Waals surface area contributed by atoms with Crippen LogP contribution in [0.1, 0.15) is 27.7 Å². The fourth-order valence-electron chi connectivity index (χ4n) is 3.51. The van der Waals surface area contributed by atoms with Crippen LogP contribution in [0, 0.1) is 13.8 Å². The van der Waals surface area contributed by atoms with Crippen molar-refractivity contribution in [1.82, 2.24) is 14.5 Å². The highest BCUT2D eigenvalue weighted by Crippen LogP contribution is 2.25. The Hall–Kier alpha value is -3.71. The number of aromatic nitrogens is 2. The molecule has 0 saturated heterocycles. The second-order valence-corrected chi connectivity index (χ2v) is 8.75. The van der Waals surface area contributed by atoms with Crippen LogP contribution in [-0.2, 0) is 4.79 Å². The number of benzene rings is 2. The predicted octanol–water partition coefficient (Wildman–Crippen LogP) is 5.32. The molecule has 4 aromatic rings. The Bertz CT molecular complexity index is 1260. The number of hydrogen-bond acceptors (Lipinski definition) is 4. The molecular formula is C26H26N4O2S. The van der Waals surface area contributed by atoms with Crippen LogP contribution in [0.2, 0.25) is 0 Å². The molecule has 6 nitrogen and oxygen atoms in total. The van der Waals surface area contributed by atoms with Gasteiger partial charge in [0.15, 0.2) is 0 Å².